The Kier molecular flexibility index (Phi) is 7.00. The number of hydrogen-bond acceptors (Lipinski definition) is 5. The molecule has 1 saturated heterocycles. The maximum Gasteiger partial charge on any atom is 0.223 e. The van der Waals surface area contributed by atoms with Gasteiger partial charge in [-0.3, -0.25) is 4.79 Å². The highest BCUT2D eigenvalue weighted by molar-refractivity contribution is 6.30. The molecule has 1 aliphatic heterocycles. The smallest absolute Gasteiger partial charge is 0.223 e. The van der Waals surface area contributed by atoms with E-state index in [0.29, 0.717) is 24.5 Å². The molecule has 0 radical (unpaired) electrons. The summed E-state index contributed by atoms with van der Waals surface area (Å²) >= 11 is 6.31. The number of carbonyl (C=O) groups is 1. The number of para-hydroxylation sites is 1. The SMILES string of the molecule is COc1ccc(N2CCN(C(=O)CC(c3ccccc3OC)c3cnc4ccc(Cl)cn34)CC2)cc1. The van der Waals surface area contributed by atoms with Crippen molar-refractivity contribution >= 4 is 28.8 Å². The van der Waals surface area contributed by atoms with Gasteiger partial charge in [0.1, 0.15) is 17.1 Å². The van der Waals surface area contributed by atoms with Crippen LogP contribution >= 0.6 is 11.6 Å². The Bertz CT molecular complexity index is 1350. The van der Waals surface area contributed by atoms with Gasteiger partial charge in [0.15, 0.2) is 0 Å². The lowest BCUT2D eigenvalue weighted by Crippen LogP contribution is -2.49. The van der Waals surface area contributed by atoms with E-state index < -0.39 is 0 Å². The van der Waals surface area contributed by atoms with Gasteiger partial charge in [-0.2, -0.15) is 0 Å². The number of anilines is 1. The van der Waals surface area contributed by atoms with Crippen LogP contribution < -0.4 is 14.4 Å². The fourth-order valence-corrected chi connectivity index (χ4v) is 5.03. The third kappa shape index (κ3) is 4.84. The fraction of sp³-hybridized carbons (Fsp3) is 0.286. The van der Waals surface area contributed by atoms with Gasteiger partial charge in [-0.25, -0.2) is 4.98 Å². The van der Waals surface area contributed by atoms with E-state index in [1.807, 2.05) is 70.2 Å². The number of nitrogens with zero attached hydrogens (tertiary/aromatic N) is 4. The molecule has 0 aliphatic carbocycles. The van der Waals surface area contributed by atoms with Crippen LogP contribution in [0.25, 0.3) is 5.65 Å². The van der Waals surface area contributed by atoms with Gasteiger partial charge in [0.2, 0.25) is 5.91 Å². The van der Waals surface area contributed by atoms with Crippen molar-refractivity contribution in [2.75, 3.05) is 45.3 Å². The molecule has 5 rings (SSSR count). The molecule has 1 amide bonds. The number of methoxy groups -OCH3 is 2. The summed E-state index contributed by atoms with van der Waals surface area (Å²) < 4.78 is 12.9. The third-order valence-electron chi connectivity index (χ3n) is 6.82. The summed E-state index contributed by atoms with van der Waals surface area (Å²) in [5.41, 5.74) is 3.78. The van der Waals surface area contributed by atoms with Gasteiger partial charge in [-0.1, -0.05) is 29.8 Å². The van der Waals surface area contributed by atoms with Crippen molar-refractivity contribution < 1.29 is 14.3 Å². The van der Waals surface area contributed by atoms with Crippen molar-refractivity contribution in [3.8, 4) is 11.5 Å². The van der Waals surface area contributed by atoms with Crippen LogP contribution in [-0.4, -0.2) is 60.6 Å². The number of aromatic nitrogens is 2. The highest BCUT2D eigenvalue weighted by Crippen LogP contribution is 2.35. The zero-order chi connectivity index (χ0) is 25.1. The molecule has 186 valence electrons. The van der Waals surface area contributed by atoms with E-state index in [2.05, 4.69) is 22.0 Å². The van der Waals surface area contributed by atoms with E-state index in [1.165, 1.54) is 0 Å². The number of carbonyl (C=O) groups excluding carboxylic acids is 1. The number of hydrogen-bond donors (Lipinski definition) is 0. The van der Waals surface area contributed by atoms with Gasteiger partial charge in [0, 0.05) is 62.2 Å². The number of ether oxygens (including phenoxy) is 2. The fourth-order valence-electron chi connectivity index (χ4n) is 4.87. The Labute approximate surface area is 215 Å². The molecule has 1 unspecified atom stereocenters. The quantitative estimate of drug-likeness (QED) is 0.359. The molecular weight excluding hydrogens is 476 g/mol. The molecular formula is C28H29ClN4O3. The zero-order valence-electron chi connectivity index (χ0n) is 20.4. The van der Waals surface area contributed by atoms with Crippen molar-refractivity contribution in [1.82, 2.24) is 14.3 Å². The molecule has 1 atom stereocenters. The molecule has 4 aromatic rings. The summed E-state index contributed by atoms with van der Waals surface area (Å²) in [5.74, 6) is 1.46. The molecule has 8 heteroatoms. The average molecular weight is 505 g/mol. The molecule has 36 heavy (non-hydrogen) atoms. The lowest BCUT2D eigenvalue weighted by atomic mass is 9.91. The molecule has 1 aliphatic rings. The maximum absolute atomic E-state index is 13.6. The minimum absolute atomic E-state index is 0.109. The summed E-state index contributed by atoms with van der Waals surface area (Å²) in [6, 6.07) is 19.6. The molecule has 2 aromatic heterocycles. The Morgan fingerprint density at radius 2 is 1.72 bits per heavy atom. The minimum atomic E-state index is -0.235. The van der Waals surface area contributed by atoms with Crippen LogP contribution in [0.1, 0.15) is 23.6 Å². The lowest BCUT2D eigenvalue weighted by Gasteiger charge is -2.36. The Morgan fingerprint density at radius 3 is 2.44 bits per heavy atom. The first-order chi connectivity index (χ1) is 17.6. The van der Waals surface area contributed by atoms with E-state index in [9.17, 15) is 4.79 Å². The molecule has 1 fully saturated rings. The molecule has 3 heterocycles. The van der Waals surface area contributed by atoms with Crippen LogP contribution in [0.2, 0.25) is 5.02 Å². The predicted molar refractivity (Wildman–Crippen MR) is 141 cm³/mol. The topological polar surface area (TPSA) is 59.3 Å². The summed E-state index contributed by atoms with van der Waals surface area (Å²) in [5, 5.41) is 0.613. The second kappa shape index (κ2) is 10.5. The van der Waals surface area contributed by atoms with Crippen molar-refractivity contribution in [3.05, 3.63) is 89.3 Å². The van der Waals surface area contributed by atoms with Crippen LogP contribution in [0, 0.1) is 0 Å². The lowest BCUT2D eigenvalue weighted by molar-refractivity contribution is -0.131. The molecule has 2 aromatic carbocycles. The molecule has 0 N–H and O–H groups in total. The first-order valence-corrected chi connectivity index (χ1v) is 12.4. The predicted octanol–water partition coefficient (Wildman–Crippen LogP) is 4.88. The van der Waals surface area contributed by atoms with Gasteiger partial charge >= 0.3 is 0 Å². The normalized spacial score (nSPS) is 14.6. The monoisotopic (exact) mass is 504 g/mol. The van der Waals surface area contributed by atoms with Crippen LogP contribution in [-0.2, 0) is 4.79 Å². The number of rotatable bonds is 7. The molecule has 0 bridgehead atoms. The Balaban J connectivity index is 1.37. The summed E-state index contributed by atoms with van der Waals surface area (Å²) in [4.78, 5) is 22.4. The minimum Gasteiger partial charge on any atom is -0.497 e. The number of imidazole rings is 1. The van der Waals surface area contributed by atoms with Gasteiger partial charge in [0.25, 0.3) is 0 Å². The van der Waals surface area contributed by atoms with Crippen LogP contribution in [0.4, 0.5) is 5.69 Å². The largest absolute Gasteiger partial charge is 0.497 e. The molecule has 7 nitrogen and oxygen atoms in total. The average Bonchev–Trinajstić information content (AvgIpc) is 3.34. The maximum atomic E-state index is 13.6. The second-order valence-corrected chi connectivity index (χ2v) is 9.26. The first-order valence-electron chi connectivity index (χ1n) is 12.0. The third-order valence-corrected chi connectivity index (χ3v) is 7.04. The van der Waals surface area contributed by atoms with Gasteiger partial charge < -0.3 is 23.7 Å². The van der Waals surface area contributed by atoms with Gasteiger partial charge in [0.05, 0.1) is 24.9 Å². The van der Waals surface area contributed by atoms with Crippen LogP contribution in [0.5, 0.6) is 11.5 Å². The molecule has 0 spiro atoms. The summed E-state index contributed by atoms with van der Waals surface area (Å²) in [7, 11) is 3.32. The number of benzene rings is 2. The van der Waals surface area contributed by atoms with E-state index in [0.717, 1.165) is 47.2 Å². The van der Waals surface area contributed by atoms with Crippen molar-refractivity contribution in [3.63, 3.8) is 0 Å². The second-order valence-electron chi connectivity index (χ2n) is 8.82. The van der Waals surface area contributed by atoms with Gasteiger partial charge in [-0.05, 0) is 42.5 Å². The summed E-state index contributed by atoms with van der Waals surface area (Å²) in [6.07, 6.45) is 3.99. The zero-order valence-corrected chi connectivity index (χ0v) is 21.2. The summed E-state index contributed by atoms with van der Waals surface area (Å²) in [6.45, 7) is 2.90. The van der Waals surface area contributed by atoms with Crippen molar-refractivity contribution in [2.45, 2.75) is 12.3 Å². The Morgan fingerprint density at radius 1 is 0.972 bits per heavy atom. The van der Waals surface area contributed by atoms with E-state index in [4.69, 9.17) is 21.1 Å². The van der Waals surface area contributed by atoms with Crippen LogP contribution in [0.3, 0.4) is 0 Å². The standard InChI is InChI=1S/C28H29ClN4O3/c1-35-22-10-8-21(9-11-22)31-13-15-32(16-14-31)28(34)17-24(23-5-3-4-6-26(23)36-2)25-18-30-27-12-7-20(29)19-33(25)27/h3-12,18-19,24H,13-17H2,1-2H3. The first kappa shape index (κ1) is 24.0. The number of pyridine rings is 1. The number of piperazine rings is 1. The number of fused-ring (bicyclic) bond motifs is 1. The Hall–Kier alpha value is -3.71. The van der Waals surface area contributed by atoms with E-state index in [-0.39, 0.29) is 11.8 Å². The highest BCUT2D eigenvalue weighted by atomic mass is 35.5. The molecule has 0 saturated carbocycles. The van der Waals surface area contributed by atoms with E-state index >= 15 is 0 Å². The van der Waals surface area contributed by atoms with Crippen molar-refractivity contribution in [2.24, 2.45) is 0 Å². The van der Waals surface area contributed by atoms with E-state index in [1.54, 1.807) is 14.2 Å². The van der Waals surface area contributed by atoms with Crippen LogP contribution in [0.15, 0.2) is 73.1 Å². The highest BCUT2D eigenvalue weighted by Gasteiger charge is 2.28. The number of amides is 1. The number of halogens is 1. The van der Waals surface area contributed by atoms with Gasteiger partial charge in [-0.15, -0.1) is 0 Å². The van der Waals surface area contributed by atoms with Crippen molar-refractivity contribution in [1.29, 1.82) is 0 Å².